The molecule has 0 bridgehead atoms. The largest absolute Gasteiger partial charge is 0.508 e. The molecule has 0 aliphatic carbocycles. The Hall–Kier alpha value is -3.80. The second-order valence-corrected chi connectivity index (χ2v) is 7.87. The zero-order valence-electron chi connectivity index (χ0n) is 18.4. The first kappa shape index (κ1) is 22.9. The van der Waals surface area contributed by atoms with Gasteiger partial charge in [-0.25, -0.2) is 4.79 Å². The molecule has 0 heterocycles. The van der Waals surface area contributed by atoms with Gasteiger partial charge in [0.25, 0.3) is 0 Å². The molecule has 6 nitrogen and oxygen atoms in total. The Kier molecular flexibility index (Phi) is 7.86. The normalized spacial score (nSPS) is 11.4. The van der Waals surface area contributed by atoms with Crippen molar-refractivity contribution in [3.05, 3.63) is 90.0 Å². The minimum absolute atomic E-state index is 0.00268. The minimum atomic E-state index is -0.268. The van der Waals surface area contributed by atoms with Gasteiger partial charge in [-0.05, 0) is 67.3 Å². The third-order valence-electron chi connectivity index (χ3n) is 5.26. The van der Waals surface area contributed by atoms with Gasteiger partial charge in [-0.2, -0.15) is 0 Å². The van der Waals surface area contributed by atoms with E-state index in [4.69, 9.17) is 0 Å². The summed E-state index contributed by atoms with van der Waals surface area (Å²) in [7, 11) is 1.76. The van der Waals surface area contributed by atoms with Gasteiger partial charge in [0.1, 0.15) is 5.75 Å². The van der Waals surface area contributed by atoms with E-state index in [-0.39, 0.29) is 30.2 Å². The Morgan fingerprint density at radius 3 is 2.19 bits per heavy atom. The van der Waals surface area contributed by atoms with Crippen LogP contribution in [0.15, 0.2) is 78.9 Å². The van der Waals surface area contributed by atoms with E-state index in [1.807, 2.05) is 61.5 Å². The van der Waals surface area contributed by atoms with Gasteiger partial charge < -0.3 is 20.6 Å². The number of anilines is 2. The second kappa shape index (κ2) is 11.0. The summed E-state index contributed by atoms with van der Waals surface area (Å²) >= 11 is 0. The molecule has 6 heteroatoms. The van der Waals surface area contributed by atoms with Gasteiger partial charge >= 0.3 is 6.03 Å². The third-order valence-corrected chi connectivity index (χ3v) is 5.26. The lowest BCUT2D eigenvalue weighted by molar-refractivity contribution is -0.117. The molecule has 1 atom stereocenters. The van der Waals surface area contributed by atoms with Gasteiger partial charge in [0.05, 0.1) is 6.42 Å². The van der Waals surface area contributed by atoms with E-state index in [1.54, 1.807) is 36.2 Å². The number of hydrogen-bond donors (Lipinski definition) is 3. The number of urea groups is 1. The van der Waals surface area contributed by atoms with Crippen LogP contribution in [-0.2, 0) is 17.6 Å². The molecule has 0 aliphatic heterocycles. The molecule has 3 rings (SSSR count). The minimum Gasteiger partial charge on any atom is -0.508 e. The van der Waals surface area contributed by atoms with Crippen LogP contribution >= 0.6 is 0 Å². The van der Waals surface area contributed by atoms with Crippen molar-refractivity contribution in [1.82, 2.24) is 5.32 Å². The quantitative estimate of drug-likeness (QED) is 0.482. The van der Waals surface area contributed by atoms with Gasteiger partial charge in [0, 0.05) is 24.5 Å². The molecular formula is C26H29N3O3. The first-order valence-electron chi connectivity index (χ1n) is 10.7. The number of nitrogens with zero attached hydrogens (tertiary/aromatic N) is 1. The summed E-state index contributed by atoms with van der Waals surface area (Å²) in [5.74, 6) is 0.245. The van der Waals surface area contributed by atoms with Crippen LogP contribution in [-0.4, -0.2) is 30.1 Å². The number of aryl methyl sites for hydroxylation is 1. The SMILES string of the molecule is CC(CCc1ccc(O)cc1)NC(=O)Nc1ccc(CC(=O)N(C)c2ccccc2)cc1. The highest BCUT2D eigenvalue weighted by Crippen LogP contribution is 2.15. The molecule has 0 saturated carbocycles. The highest BCUT2D eigenvalue weighted by Gasteiger charge is 2.12. The molecular weight excluding hydrogens is 402 g/mol. The Morgan fingerprint density at radius 1 is 0.906 bits per heavy atom. The van der Waals surface area contributed by atoms with Crippen molar-refractivity contribution < 1.29 is 14.7 Å². The summed E-state index contributed by atoms with van der Waals surface area (Å²) in [5, 5.41) is 15.1. The van der Waals surface area contributed by atoms with Gasteiger partial charge in [0.15, 0.2) is 0 Å². The van der Waals surface area contributed by atoms with Crippen molar-refractivity contribution in [2.75, 3.05) is 17.3 Å². The number of phenols is 1. The number of phenolic OH excluding ortho intramolecular Hbond substituents is 1. The van der Waals surface area contributed by atoms with Crippen LogP contribution in [0.3, 0.4) is 0 Å². The maximum absolute atomic E-state index is 12.5. The highest BCUT2D eigenvalue weighted by molar-refractivity contribution is 5.94. The summed E-state index contributed by atoms with van der Waals surface area (Å²) in [4.78, 5) is 26.4. The van der Waals surface area contributed by atoms with Gasteiger partial charge in [-0.3, -0.25) is 4.79 Å². The fraction of sp³-hybridized carbons (Fsp3) is 0.231. The fourth-order valence-corrected chi connectivity index (χ4v) is 3.30. The van der Waals surface area contributed by atoms with Crippen molar-refractivity contribution in [3.8, 4) is 5.75 Å². The van der Waals surface area contributed by atoms with E-state index in [1.165, 1.54) is 0 Å². The Labute approximate surface area is 188 Å². The highest BCUT2D eigenvalue weighted by atomic mass is 16.3. The van der Waals surface area contributed by atoms with Crippen LogP contribution in [0.5, 0.6) is 5.75 Å². The topological polar surface area (TPSA) is 81.7 Å². The Morgan fingerprint density at radius 2 is 1.53 bits per heavy atom. The molecule has 0 radical (unpaired) electrons. The van der Waals surface area contributed by atoms with E-state index in [0.29, 0.717) is 5.69 Å². The number of rotatable bonds is 8. The molecule has 0 fully saturated rings. The van der Waals surface area contributed by atoms with Crippen LogP contribution < -0.4 is 15.5 Å². The van der Waals surface area contributed by atoms with Gasteiger partial charge in [-0.15, -0.1) is 0 Å². The van der Waals surface area contributed by atoms with E-state index in [0.717, 1.165) is 29.7 Å². The van der Waals surface area contributed by atoms with E-state index >= 15 is 0 Å². The fourth-order valence-electron chi connectivity index (χ4n) is 3.30. The molecule has 1 unspecified atom stereocenters. The lowest BCUT2D eigenvalue weighted by Crippen LogP contribution is -2.36. The molecule has 0 saturated heterocycles. The van der Waals surface area contributed by atoms with Crippen molar-refractivity contribution >= 4 is 23.3 Å². The number of aromatic hydroxyl groups is 1. The van der Waals surface area contributed by atoms with Crippen LogP contribution in [0, 0.1) is 0 Å². The summed E-state index contributed by atoms with van der Waals surface area (Å²) in [6.07, 6.45) is 1.88. The summed E-state index contributed by atoms with van der Waals surface area (Å²) in [6.45, 7) is 1.96. The van der Waals surface area contributed by atoms with Crippen molar-refractivity contribution in [2.45, 2.75) is 32.2 Å². The van der Waals surface area contributed by atoms with Gasteiger partial charge in [0.2, 0.25) is 5.91 Å². The van der Waals surface area contributed by atoms with Crippen molar-refractivity contribution in [1.29, 1.82) is 0 Å². The zero-order valence-corrected chi connectivity index (χ0v) is 18.4. The molecule has 0 aromatic heterocycles. The lowest BCUT2D eigenvalue weighted by atomic mass is 10.1. The van der Waals surface area contributed by atoms with Crippen LogP contribution in [0.2, 0.25) is 0 Å². The number of nitrogens with one attached hydrogen (secondary N) is 2. The number of benzene rings is 3. The van der Waals surface area contributed by atoms with Gasteiger partial charge in [-0.1, -0.05) is 42.5 Å². The molecule has 32 heavy (non-hydrogen) atoms. The average Bonchev–Trinajstić information content (AvgIpc) is 2.80. The first-order valence-corrected chi connectivity index (χ1v) is 10.7. The number of para-hydroxylation sites is 1. The van der Waals surface area contributed by atoms with E-state index in [2.05, 4.69) is 10.6 Å². The summed E-state index contributed by atoms with van der Waals surface area (Å²) in [6, 6.07) is 23.6. The molecule has 3 aromatic rings. The number of amides is 3. The van der Waals surface area contributed by atoms with Crippen LogP contribution in [0.25, 0.3) is 0 Å². The molecule has 166 valence electrons. The Bertz CT molecular complexity index is 1020. The molecule has 3 N–H and O–H groups in total. The Balaban J connectivity index is 1.44. The van der Waals surface area contributed by atoms with Crippen molar-refractivity contribution in [3.63, 3.8) is 0 Å². The molecule has 3 aromatic carbocycles. The third kappa shape index (κ3) is 6.87. The second-order valence-electron chi connectivity index (χ2n) is 7.87. The summed E-state index contributed by atoms with van der Waals surface area (Å²) in [5.41, 5.74) is 3.51. The van der Waals surface area contributed by atoms with Crippen LogP contribution in [0.4, 0.5) is 16.2 Å². The first-order chi connectivity index (χ1) is 15.4. The number of carbonyl (C=O) groups excluding carboxylic acids is 2. The smallest absolute Gasteiger partial charge is 0.319 e. The molecule has 0 aliphatic rings. The number of carbonyl (C=O) groups is 2. The summed E-state index contributed by atoms with van der Waals surface area (Å²) < 4.78 is 0. The number of hydrogen-bond acceptors (Lipinski definition) is 3. The predicted molar refractivity (Wildman–Crippen MR) is 128 cm³/mol. The van der Waals surface area contributed by atoms with E-state index < -0.39 is 0 Å². The lowest BCUT2D eigenvalue weighted by Gasteiger charge is -2.17. The average molecular weight is 432 g/mol. The van der Waals surface area contributed by atoms with Crippen LogP contribution in [0.1, 0.15) is 24.5 Å². The monoisotopic (exact) mass is 431 g/mol. The van der Waals surface area contributed by atoms with Crippen molar-refractivity contribution in [2.24, 2.45) is 0 Å². The standard InChI is InChI=1S/C26H29N3O3/c1-19(8-9-20-12-16-24(30)17-13-20)27-26(32)28-22-14-10-21(11-15-22)18-25(31)29(2)23-6-4-3-5-7-23/h3-7,10-17,19,30H,8-9,18H2,1-2H3,(H2,27,28,32). The molecule has 3 amide bonds. The maximum atomic E-state index is 12.5. The predicted octanol–water partition coefficient (Wildman–Crippen LogP) is 4.74. The number of likely N-dealkylation sites (N-methyl/N-ethyl adjacent to an activating group) is 1. The zero-order chi connectivity index (χ0) is 22.9. The maximum Gasteiger partial charge on any atom is 0.319 e. The van der Waals surface area contributed by atoms with E-state index in [9.17, 15) is 14.7 Å². The molecule has 0 spiro atoms.